The molecular weight excluding hydrogens is 707 g/mol. The van der Waals surface area contributed by atoms with E-state index in [1.165, 1.54) is 48.8 Å². The van der Waals surface area contributed by atoms with Crippen LogP contribution in [0.2, 0.25) is 0 Å². The fourth-order valence-corrected chi connectivity index (χ4v) is 9.32. The van der Waals surface area contributed by atoms with Gasteiger partial charge in [0.1, 0.15) is 5.58 Å². The predicted octanol–water partition coefficient (Wildman–Crippen LogP) is 13.1. The van der Waals surface area contributed by atoms with Crippen molar-refractivity contribution in [2.45, 2.75) is 12.8 Å². The van der Waals surface area contributed by atoms with Gasteiger partial charge in [0.15, 0.2) is 5.58 Å². The number of para-hydroxylation sites is 5. The van der Waals surface area contributed by atoms with Crippen molar-refractivity contribution in [3.05, 3.63) is 199 Å². The number of benzene rings is 8. The topological polar surface area (TPSA) is 26.2 Å². The van der Waals surface area contributed by atoms with Crippen LogP contribution in [-0.2, 0) is 0 Å². The van der Waals surface area contributed by atoms with E-state index in [4.69, 9.17) is 4.42 Å². The minimum atomic E-state index is 0.868. The molecule has 1 aliphatic carbocycles. The Morgan fingerprint density at radius 2 is 1.02 bits per heavy atom. The van der Waals surface area contributed by atoms with Crippen LogP contribution in [0.15, 0.2) is 192 Å². The van der Waals surface area contributed by atoms with Crippen molar-refractivity contribution in [3.8, 4) is 22.5 Å². The Balaban J connectivity index is 0.992. The summed E-state index contributed by atoms with van der Waals surface area (Å²) in [6.45, 7) is 0. The first kappa shape index (κ1) is 32.7. The maximum absolute atomic E-state index is 6.65. The van der Waals surface area contributed by atoms with Gasteiger partial charge in [-0.25, -0.2) is 0 Å². The number of rotatable bonds is 6. The third-order valence-electron chi connectivity index (χ3n) is 11.9. The Morgan fingerprint density at radius 1 is 0.414 bits per heavy atom. The molecule has 0 fully saturated rings. The highest BCUT2D eigenvalue weighted by molar-refractivity contribution is 6.11. The molecule has 0 spiro atoms. The summed E-state index contributed by atoms with van der Waals surface area (Å²) >= 11 is 0. The summed E-state index contributed by atoms with van der Waals surface area (Å²) < 4.78 is 11.4. The Labute approximate surface area is 335 Å². The van der Waals surface area contributed by atoms with Crippen LogP contribution in [0, 0.1) is 0 Å². The minimum absolute atomic E-state index is 0.868. The van der Waals surface area contributed by atoms with Gasteiger partial charge in [0.05, 0.1) is 22.2 Å². The summed E-state index contributed by atoms with van der Waals surface area (Å²) in [4.78, 5) is 2.33. The van der Waals surface area contributed by atoms with E-state index in [1.807, 2.05) is 6.07 Å². The number of hydrogen-bond acceptors (Lipinski definition) is 2. The molecule has 0 N–H and O–H groups in total. The Bertz CT molecular complexity index is 3500. The molecule has 0 saturated carbocycles. The first-order valence-electron chi connectivity index (χ1n) is 20.1. The molecule has 0 radical (unpaired) electrons. The first-order chi connectivity index (χ1) is 28.8. The van der Waals surface area contributed by atoms with Crippen LogP contribution in [0.5, 0.6) is 0 Å². The zero-order valence-electron chi connectivity index (χ0n) is 31.7. The quantitative estimate of drug-likeness (QED) is 0.170. The lowest BCUT2D eigenvalue weighted by Gasteiger charge is -2.26. The number of nitrogens with zero attached hydrogens (tertiary/aromatic N) is 3. The van der Waals surface area contributed by atoms with E-state index in [-0.39, 0.29) is 0 Å². The summed E-state index contributed by atoms with van der Waals surface area (Å²) in [6.07, 6.45) is 6.91. The molecule has 0 atom stereocenters. The second-order valence-corrected chi connectivity index (χ2v) is 15.2. The van der Waals surface area contributed by atoms with E-state index in [1.54, 1.807) is 0 Å². The van der Waals surface area contributed by atoms with Gasteiger partial charge in [0.25, 0.3) is 0 Å². The van der Waals surface area contributed by atoms with Crippen LogP contribution in [0.25, 0.3) is 89.3 Å². The van der Waals surface area contributed by atoms with Gasteiger partial charge >= 0.3 is 0 Å². The number of anilines is 3. The summed E-state index contributed by atoms with van der Waals surface area (Å²) in [6, 6.07) is 67.7. The van der Waals surface area contributed by atoms with Gasteiger partial charge in [-0.1, -0.05) is 115 Å². The average Bonchev–Trinajstić information content (AvgIpc) is 3.95. The largest absolute Gasteiger partial charge is 0.454 e. The molecular formula is C54H37N3O. The van der Waals surface area contributed by atoms with E-state index in [9.17, 15) is 0 Å². The molecule has 4 nitrogen and oxygen atoms in total. The van der Waals surface area contributed by atoms with E-state index in [0.717, 1.165) is 68.8 Å². The fraction of sp³-hybridized carbons (Fsp3) is 0.0370. The number of hydrogen-bond donors (Lipinski definition) is 0. The lowest BCUT2D eigenvalue weighted by Crippen LogP contribution is -2.30. The molecule has 0 bridgehead atoms. The molecule has 4 heteroatoms. The summed E-state index contributed by atoms with van der Waals surface area (Å²) in [5.41, 5.74) is 13.2. The van der Waals surface area contributed by atoms with Crippen LogP contribution >= 0.6 is 0 Å². The highest BCUT2D eigenvalue weighted by Gasteiger charge is 2.21. The van der Waals surface area contributed by atoms with Crippen molar-refractivity contribution in [1.82, 2.24) is 9.13 Å². The monoisotopic (exact) mass is 743 g/mol. The van der Waals surface area contributed by atoms with E-state index in [2.05, 4.69) is 208 Å². The lowest BCUT2D eigenvalue weighted by molar-refractivity contribution is 0.669. The van der Waals surface area contributed by atoms with E-state index >= 15 is 0 Å². The maximum atomic E-state index is 6.65. The van der Waals surface area contributed by atoms with Crippen LogP contribution < -0.4 is 15.5 Å². The molecule has 0 amide bonds. The maximum Gasteiger partial charge on any atom is 0.159 e. The van der Waals surface area contributed by atoms with Crippen molar-refractivity contribution in [1.29, 1.82) is 0 Å². The van der Waals surface area contributed by atoms with Crippen LogP contribution in [-0.4, -0.2) is 9.13 Å². The van der Waals surface area contributed by atoms with Gasteiger partial charge in [-0.2, -0.15) is 0 Å². The fourth-order valence-electron chi connectivity index (χ4n) is 9.32. The highest BCUT2D eigenvalue weighted by Crippen LogP contribution is 2.43. The van der Waals surface area contributed by atoms with Crippen LogP contribution in [0.1, 0.15) is 12.8 Å². The third-order valence-corrected chi connectivity index (χ3v) is 11.9. The molecule has 11 aromatic rings. The van der Waals surface area contributed by atoms with Crippen molar-refractivity contribution in [2.24, 2.45) is 0 Å². The van der Waals surface area contributed by atoms with Gasteiger partial charge in [0.2, 0.25) is 0 Å². The SMILES string of the molecule is C1=c2c(n(-c3ccc(N(c4ccc(-c5ccc6c(c5)c5ccccc5n6-c5ccccc5)cc4)c4cccc5c4oc4ccccc45)cc3)c3ccccc23)=CCC1. The zero-order chi connectivity index (χ0) is 38.2. The first-order valence-corrected chi connectivity index (χ1v) is 20.1. The molecule has 8 aromatic carbocycles. The lowest BCUT2D eigenvalue weighted by atomic mass is 10.0. The third kappa shape index (κ3) is 5.01. The predicted molar refractivity (Wildman–Crippen MR) is 242 cm³/mol. The van der Waals surface area contributed by atoms with Gasteiger partial charge in [-0.15, -0.1) is 0 Å². The average molecular weight is 744 g/mol. The number of fused-ring (bicyclic) bond motifs is 9. The Hall–Kier alpha value is -7.56. The second kappa shape index (κ2) is 13.0. The van der Waals surface area contributed by atoms with E-state index < -0.39 is 0 Å². The zero-order valence-corrected chi connectivity index (χ0v) is 31.7. The van der Waals surface area contributed by atoms with Crippen molar-refractivity contribution in [3.63, 3.8) is 0 Å². The summed E-state index contributed by atoms with van der Waals surface area (Å²) in [5, 5.41) is 8.63. The van der Waals surface area contributed by atoms with Crippen LogP contribution in [0.4, 0.5) is 17.1 Å². The minimum Gasteiger partial charge on any atom is -0.454 e. The molecule has 0 aliphatic heterocycles. The van der Waals surface area contributed by atoms with Crippen molar-refractivity contribution >= 4 is 83.9 Å². The number of aromatic nitrogens is 2. The van der Waals surface area contributed by atoms with Crippen molar-refractivity contribution < 1.29 is 4.42 Å². The van der Waals surface area contributed by atoms with Gasteiger partial charge in [-0.05, 0) is 109 Å². The van der Waals surface area contributed by atoms with Gasteiger partial charge in [-0.3, -0.25) is 0 Å². The molecule has 58 heavy (non-hydrogen) atoms. The molecule has 3 heterocycles. The normalized spacial score (nSPS) is 12.6. The Morgan fingerprint density at radius 3 is 1.83 bits per heavy atom. The highest BCUT2D eigenvalue weighted by atomic mass is 16.3. The smallest absolute Gasteiger partial charge is 0.159 e. The van der Waals surface area contributed by atoms with E-state index in [0.29, 0.717) is 0 Å². The van der Waals surface area contributed by atoms with Crippen LogP contribution in [0.3, 0.4) is 0 Å². The standard InChI is InChI=1S/C54H37N3O/c1-2-13-38(14-3-1)56-50-22-10-6-17-44(50)47-35-37(27-34-51(47)56)36-25-28-39(29-26-36)55(52-23-12-19-46-45-18-7-11-24-53(45)58-54(46)52)40-30-32-41(33-31-40)57-48-20-8-4-15-42(48)43-16-5-9-21-49(43)57/h1-4,6-8,10-35H,5,9H2. The molecule has 0 saturated heterocycles. The van der Waals surface area contributed by atoms with Crippen molar-refractivity contribution in [2.75, 3.05) is 4.90 Å². The second-order valence-electron chi connectivity index (χ2n) is 15.2. The number of furan rings is 1. The molecule has 0 unspecified atom stereocenters. The molecule has 12 rings (SSSR count). The summed E-state index contributed by atoms with van der Waals surface area (Å²) in [7, 11) is 0. The summed E-state index contributed by atoms with van der Waals surface area (Å²) in [5.74, 6) is 0. The molecule has 274 valence electrons. The molecule has 3 aromatic heterocycles. The Kier molecular flexibility index (Phi) is 7.32. The van der Waals surface area contributed by atoms with Gasteiger partial charge in [0, 0.05) is 60.2 Å². The molecule has 1 aliphatic rings. The van der Waals surface area contributed by atoms with Gasteiger partial charge < -0.3 is 18.5 Å².